The van der Waals surface area contributed by atoms with Crippen LogP contribution in [0.2, 0.25) is 0 Å². The van der Waals surface area contributed by atoms with E-state index in [0.717, 1.165) is 42.3 Å². The molecule has 4 heteroatoms. The van der Waals surface area contributed by atoms with Crippen LogP contribution in [0.1, 0.15) is 37.3 Å². The topological polar surface area (TPSA) is 20.3 Å². The summed E-state index contributed by atoms with van der Waals surface area (Å²) in [6.45, 7) is 0.786. The van der Waals surface area contributed by atoms with Gasteiger partial charge in [-0.1, -0.05) is 28.1 Å². The van der Waals surface area contributed by atoms with Gasteiger partial charge in [-0.25, -0.2) is 4.39 Å². The third-order valence-electron chi connectivity index (χ3n) is 4.16. The highest BCUT2D eigenvalue weighted by molar-refractivity contribution is 9.10. The summed E-state index contributed by atoms with van der Waals surface area (Å²) in [5.74, 6) is 0.0571. The number of likely N-dealkylation sites (tertiary alicyclic amines) is 1. The van der Waals surface area contributed by atoms with Crippen molar-refractivity contribution < 1.29 is 9.18 Å². The van der Waals surface area contributed by atoms with Gasteiger partial charge < -0.3 is 4.90 Å². The van der Waals surface area contributed by atoms with Crippen LogP contribution in [0.15, 0.2) is 34.8 Å². The maximum absolute atomic E-state index is 13.6. The number of hydrogen-bond donors (Lipinski definition) is 0. The van der Waals surface area contributed by atoms with Crippen molar-refractivity contribution in [2.75, 3.05) is 6.54 Å². The Labute approximate surface area is 126 Å². The second-order valence-electron chi connectivity index (χ2n) is 5.53. The first kappa shape index (κ1) is 13.8. The Bertz CT molecular complexity index is 529. The van der Waals surface area contributed by atoms with Crippen LogP contribution >= 0.6 is 15.9 Å². The van der Waals surface area contributed by atoms with Gasteiger partial charge in [-0.2, -0.15) is 0 Å². The number of nitrogens with zero attached hydrogens (tertiary/aromatic N) is 1. The van der Waals surface area contributed by atoms with Gasteiger partial charge >= 0.3 is 0 Å². The van der Waals surface area contributed by atoms with E-state index in [-0.39, 0.29) is 23.7 Å². The summed E-state index contributed by atoms with van der Waals surface area (Å²) >= 11 is 3.33. The van der Waals surface area contributed by atoms with E-state index in [2.05, 4.69) is 28.1 Å². The van der Waals surface area contributed by atoms with Gasteiger partial charge in [-0.15, -0.1) is 0 Å². The van der Waals surface area contributed by atoms with Gasteiger partial charge in [0.15, 0.2) is 0 Å². The number of halogens is 2. The summed E-state index contributed by atoms with van der Waals surface area (Å²) in [6.07, 6.45) is 7.75. The van der Waals surface area contributed by atoms with E-state index in [1.807, 2.05) is 11.0 Å². The molecule has 1 amide bonds. The molecule has 0 aromatic heterocycles. The molecule has 20 heavy (non-hydrogen) atoms. The number of hydrogen-bond acceptors (Lipinski definition) is 1. The van der Waals surface area contributed by atoms with Gasteiger partial charge in [0.25, 0.3) is 0 Å². The Morgan fingerprint density at radius 3 is 2.70 bits per heavy atom. The summed E-state index contributed by atoms with van der Waals surface area (Å²) in [6, 6.07) is 4.95. The Hall–Kier alpha value is -1.16. The molecule has 106 valence electrons. The van der Waals surface area contributed by atoms with Crippen molar-refractivity contribution >= 4 is 21.8 Å². The highest BCUT2D eigenvalue weighted by Crippen LogP contribution is 2.36. The number of benzene rings is 1. The minimum Gasteiger partial charge on any atom is -0.335 e. The SMILES string of the molecule is O=C(C1CC=CC1)N1CCC[C@@H]1c1cc(F)cc(Br)c1. The number of amides is 1. The number of rotatable bonds is 2. The summed E-state index contributed by atoms with van der Waals surface area (Å²) in [5, 5.41) is 0. The van der Waals surface area contributed by atoms with Crippen LogP contribution in [-0.2, 0) is 4.79 Å². The second kappa shape index (κ2) is 5.68. The van der Waals surface area contributed by atoms with E-state index < -0.39 is 0 Å². The Balaban J connectivity index is 1.82. The Morgan fingerprint density at radius 1 is 1.25 bits per heavy atom. The monoisotopic (exact) mass is 337 g/mol. The van der Waals surface area contributed by atoms with Crippen molar-refractivity contribution in [1.82, 2.24) is 4.90 Å². The second-order valence-corrected chi connectivity index (χ2v) is 6.45. The average Bonchev–Trinajstić information content (AvgIpc) is 3.08. The molecule has 0 spiro atoms. The van der Waals surface area contributed by atoms with E-state index in [1.165, 1.54) is 6.07 Å². The zero-order valence-electron chi connectivity index (χ0n) is 11.2. The predicted octanol–water partition coefficient (Wildman–Crippen LogP) is 4.22. The fraction of sp³-hybridized carbons (Fsp3) is 0.438. The predicted molar refractivity (Wildman–Crippen MR) is 79.7 cm³/mol. The fourth-order valence-electron chi connectivity index (χ4n) is 3.20. The molecule has 1 saturated heterocycles. The maximum atomic E-state index is 13.6. The summed E-state index contributed by atoms with van der Waals surface area (Å²) in [5.41, 5.74) is 0.897. The molecule has 0 bridgehead atoms. The maximum Gasteiger partial charge on any atom is 0.226 e. The number of carbonyl (C=O) groups excluding carboxylic acids is 1. The van der Waals surface area contributed by atoms with Crippen molar-refractivity contribution in [3.8, 4) is 0 Å². The summed E-state index contributed by atoms with van der Waals surface area (Å²) in [4.78, 5) is 14.5. The van der Waals surface area contributed by atoms with Gasteiger partial charge in [0.05, 0.1) is 6.04 Å². The molecule has 0 N–H and O–H groups in total. The molecule has 1 aromatic carbocycles. The van der Waals surface area contributed by atoms with E-state index >= 15 is 0 Å². The Kier molecular flexibility index (Phi) is 3.92. The van der Waals surface area contributed by atoms with Crippen molar-refractivity contribution in [1.29, 1.82) is 0 Å². The van der Waals surface area contributed by atoms with Crippen LogP contribution in [0.3, 0.4) is 0 Å². The normalized spacial score (nSPS) is 22.7. The van der Waals surface area contributed by atoms with Crippen molar-refractivity contribution in [3.05, 3.63) is 46.2 Å². The van der Waals surface area contributed by atoms with Gasteiger partial charge in [0.1, 0.15) is 5.82 Å². The van der Waals surface area contributed by atoms with Crippen LogP contribution in [0.4, 0.5) is 4.39 Å². The Morgan fingerprint density at radius 2 is 2.00 bits per heavy atom. The van der Waals surface area contributed by atoms with E-state index in [0.29, 0.717) is 0 Å². The summed E-state index contributed by atoms with van der Waals surface area (Å²) < 4.78 is 14.3. The zero-order chi connectivity index (χ0) is 14.1. The van der Waals surface area contributed by atoms with Crippen molar-refractivity contribution in [3.63, 3.8) is 0 Å². The quantitative estimate of drug-likeness (QED) is 0.740. The molecule has 2 nitrogen and oxygen atoms in total. The van der Waals surface area contributed by atoms with Crippen molar-refractivity contribution in [2.24, 2.45) is 5.92 Å². The highest BCUT2D eigenvalue weighted by atomic mass is 79.9. The molecule has 1 aliphatic carbocycles. The first-order valence-corrected chi connectivity index (χ1v) is 7.86. The van der Waals surface area contributed by atoms with Gasteiger partial charge in [-0.3, -0.25) is 4.79 Å². The molecule has 1 aromatic rings. The van der Waals surface area contributed by atoms with Crippen molar-refractivity contribution in [2.45, 2.75) is 31.7 Å². The number of allylic oxidation sites excluding steroid dienone is 2. The first-order chi connectivity index (χ1) is 9.65. The fourth-order valence-corrected chi connectivity index (χ4v) is 3.68. The van der Waals surface area contributed by atoms with E-state index in [1.54, 1.807) is 6.07 Å². The van der Waals surface area contributed by atoms with Crippen LogP contribution < -0.4 is 0 Å². The lowest BCUT2D eigenvalue weighted by Gasteiger charge is -2.28. The highest BCUT2D eigenvalue weighted by Gasteiger charge is 2.34. The van der Waals surface area contributed by atoms with Gasteiger partial charge in [0, 0.05) is 16.9 Å². The molecular weight excluding hydrogens is 321 g/mol. The number of carbonyl (C=O) groups is 1. The lowest BCUT2D eigenvalue weighted by atomic mass is 10.0. The standard InChI is InChI=1S/C16H17BrFNO/c17-13-8-12(9-14(18)10-13)15-6-3-7-19(15)16(20)11-4-1-2-5-11/h1-2,8-11,15H,3-7H2/t15-/m1/s1. The molecule has 0 saturated carbocycles. The molecule has 1 fully saturated rings. The molecule has 1 heterocycles. The van der Waals surface area contributed by atoms with E-state index in [4.69, 9.17) is 0 Å². The van der Waals surface area contributed by atoms with Crippen LogP contribution in [0.5, 0.6) is 0 Å². The molecule has 0 radical (unpaired) electrons. The molecule has 2 aliphatic rings. The lowest BCUT2D eigenvalue weighted by Crippen LogP contribution is -2.35. The molecule has 1 aliphatic heterocycles. The van der Waals surface area contributed by atoms with Crippen LogP contribution in [0.25, 0.3) is 0 Å². The van der Waals surface area contributed by atoms with Gasteiger partial charge in [0.2, 0.25) is 5.91 Å². The molecule has 1 atom stereocenters. The molecule has 0 unspecified atom stereocenters. The van der Waals surface area contributed by atoms with Gasteiger partial charge in [-0.05, 0) is 49.4 Å². The smallest absolute Gasteiger partial charge is 0.226 e. The minimum absolute atomic E-state index is 0.0232. The van der Waals surface area contributed by atoms with Crippen LogP contribution in [-0.4, -0.2) is 17.4 Å². The summed E-state index contributed by atoms with van der Waals surface area (Å²) in [7, 11) is 0. The zero-order valence-corrected chi connectivity index (χ0v) is 12.8. The first-order valence-electron chi connectivity index (χ1n) is 7.06. The average molecular weight is 338 g/mol. The third kappa shape index (κ3) is 2.66. The largest absolute Gasteiger partial charge is 0.335 e. The minimum atomic E-state index is -0.254. The third-order valence-corrected chi connectivity index (χ3v) is 4.62. The molecule has 3 rings (SSSR count). The lowest BCUT2D eigenvalue weighted by molar-refractivity contribution is -0.136. The van der Waals surface area contributed by atoms with E-state index in [9.17, 15) is 9.18 Å². The van der Waals surface area contributed by atoms with Crippen LogP contribution in [0, 0.1) is 11.7 Å². The molecular formula is C16H17BrFNO.